The zero-order chi connectivity index (χ0) is 12.2. The zero-order valence-corrected chi connectivity index (χ0v) is 12.3. The summed E-state index contributed by atoms with van der Waals surface area (Å²) in [5.74, 6) is 0.561. The van der Waals surface area contributed by atoms with Gasteiger partial charge in [0.05, 0.1) is 0 Å². The van der Waals surface area contributed by atoms with Gasteiger partial charge in [-0.25, -0.2) is 0 Å². The summed E-state index contributed by atoms with van der Waals surface area (Å²) in [5, 5.41) is 1.51. The van der Waals surface area contributed by atoms with Crippen molar-refractivity contribution >= 4 is 25.1 Å². The highest BCUT2D eigenvalue weighted by molar-refractivity contribution is 6.87. The van der Waals surface area contributed by atoms with Gasteiger partial charge in [-0.3, -0.25) is 0 Å². The predicted octanol–water partition coefficient (Wildman–Crippen LogP) is 3.52. The minimum absolute atomic E-state index is 0.167. The van der Waals surface area contributed by atoms with Crippen molar-refractivity contribution in [2.75, 3.05) is 12.5 Å². The summed E-state index contributed by atoms with van der Waals surface area (Å²) in [6.07, 6.45) is 0. The maximum absolute atomic E-state index is 6.14. The molecule has 0 saturated heterocycles. The van der Waals surface area contributed by atoms with E-state index in [1.807, 2.05) is 6.07 Å². The van der Waals surface area contributed by atoms with Crippen LogP contribution in [0.4, 0.5) is 0 Å². The van der Waals surface area contributed by atoms with Gasteiger partial charge >= 0.3 is 0 Å². The lowest BCUT2D eigenvalue weighted by Gasteiger charge is -2.39. The second-order valence-electron chi connectivity index (χ2n) is 5.19. The molecule has 1 nitrogen and oxygen atoms in total. The Morgan fingerprint density at radius 1 is 1.19 bits per heavy atom. The van der Waals surface area contributed by atoms with Crippen molar-refractivity contribution in [2.45, 2.75) is 32.4 Å². The Kier molecular flexibility index (Phi) is 4.59. The summed E-state index contributed by atoms with van der Waals surface area (Å²) in [7, 11) is -1.93. The first-order valence-electron chi connectivity index (χ1n) is 5.67. The molecule has 0 radical (unpaired) electrons. The van der Waals surface area contributed by atoms with Gasteiger partial charge in [-0.15, -0.1) is 11.6 Å². The number of hydrogen-bond acceptors (Lipinski definition) is 1. The van der Waals surface area contributed by atoms with Gasteiger partial charge in [-0.2, -0.15) is 0 Å². The quantitative estimate of drug-likeness (QED) is 0.592. The molecule has 0 saturated carbocycles. The van der Waals surface area contributed by atoms with Gasteiger partial charge in [-0.05, 0) is 16.8 Å². The van der Waals surface area contributed by atoms with Crippen LogP contribution in [-0.4, -0.2) is 20.8 Å². The topological polar surface area (TPSA) is 9.23 Å². The molecule has 3 heteroatoms. The summed E-state index contributed by atoms with van der Waals surface area (Å²) >= 11 is 5.74. The molecule has 1 unspecified atom stereocenters. The maximum Gasteiger partial charge on any atom is 0.226 e. The number of benzene rings is 1. The minimum Gasteiger partial charge on any atom is -0.411 e. The molecule has 0 aromatic heterocycles. The van der Waals surface area contributed by atoms with E-state index in [0.29, 0.717) is 12.5 Å². The Labute approximate surface area is 105 Å². The van der Waals surface area contributed by atoms with E-state index >= 15 is 0 Å². The van der Waals surface area contributed by atoms with Crippen LogP contribution in [0.25, 0.3) is 0 Å². The van der Waals surface area contributed by atoms with Gasteiger partial charge in [0.2, 0.25) is 8.32 Å². The number of rotatable bonds is 4. The Balaban J connectivity index is 3.05. The molecule has 0 heterocycles. The van der Waals surface area contributed by atoms with E-state index in [4.69, 9.17) is 16.0 Å². The van der Waals surface area contributed by atoms with Crippen LogP contribution in [0.5, 0.6) is 0 Å². The monoisotopic (exact) mass is 256 g/mol. The van der Waals surface area contributed by atoms with Crippen LogP contribution in [0.2, 0.25) is 11.6 Å². The first-order valence-corrected chi connectivity index (χ1v) is 8.61. The number of hydrogen-bond donors (Lipinski definition) is 0. The van der Waals surface area contributed by atoms with Crippen molar-refractivity contribution < 1.29 is 4.43 Å². The summed E-state index contributed by atoms with van der Waals surface area (Å²) in [5.41, 5.74) is 0. The van der Waals surface area contributed by atoms with E-state index < -0.39 is 8.32 Å². The average molecular weight is 257 g/mol. The summed E-state index contributed by atoms with van der Waals surface area (Å²) in [4.78, 5) is 0. The van der Waals surface area contributed by atoms with Gasteiger partial charge in [0, 0.05) is 12.5 Å². The lowest BCUT2D eigenvalue weighted by molar-refractivity contribution is 0.315. The molecule has 90 valence electrons. The Morgan fingerprint density at radius 2 is 1.75 bits per heavy atom. The molecule has 0 aliphatic carbocycles. The van der Waals surface area contributed by atoms with Crippen LogP contribution >= 0.6 is 11.6 Å². The highest BCUT2D eigenvalue weighted by Gasteiger charge is 2.43. The molecule has 16 heavy (non-hydrogen) atoms. The van der Waals surface area contributed by atoms with Crippen LogP contribution in [0, 0.1) is 0 Å². The lowest BCUT2D eigenvalue weighted by Crippen LogP contribution is -2.55. The summed E-state index contributed by atoms with van der Waals surface area (Å²) < 4.78 is 6.14. The van der Waals surface area contributed by atoms with Crippen molar-refractivity contribution in [3.8, 4) is 0 Å². The van der Waals surface area contributed by atoms with E-state index in [0.717, 1.165) is 0 Å². The third-order valence-electron chi connectivity index (χ3n) is 3.22. The van der Waals surface area contributed by atoms with Crippen LogP contribution in [-0.2, 0) is 4.43 Å². The highest BCUT2D eigenvalue weighted by Crippen LogP contribution is 2.36. The van der Waals surface area contributed by atoms with Gasteiger partial charge in [0.1, 0.15) is 0 Å². The largest absolute Gasteiger partial charge is 0.411 e. The van der Waals surface area contributed by atoms with E-state index in [1.165, 1.54) is 5.19 Å². The molecular formula is C13H21ClOSi. The molecular weight excluding hydrogens is 236 g/mol. The molecule has 1 atom stereocenters. The molecule has 0 bridgehead atoms. The molecule has 0 N–H and O–H groups in total. The fourth-order valence-electron chi connectivity index (χ4n) is 1.73. The van der Waals surface area contributed by atoms with Gasteiger partial charge < -0.3 is 4.43 Å². The molecule has 1 aromatic rings. The second-order valence-corrected chi connectivity index (χ2v) is 10.00. The smallest absolute Gasteiger partial charge is 0.226 e. The first-order chi connectivity index (χ1) is 7.42. The van der Waals surface area contributed by atoms with Gasteiger partial charge in [0.25, 0.3) is 0 Å². The standard InChI is InChI=1S/C13H21ClOSi/c1-13(2,3)16(4,15-11-10-14)12-8-6-5-7-9-12/h5-9H,10-11H2,1-4H3. The van der Waals surface area contributed by atoms with Crippen molar-refractivity contribution in [1.29, 1.82) is 0 Å². The van der Waals surface area contributed by atoms with E-state index in [-0.39, 0.29) is 5.04 Å². The molecule has 0 aliphatic heterocycles. The molecule has 1 rings (SSSR count). The van der Waals surface area contributed by atoms with Crippen LogP contribution < -0.4 is 5.19 Å². The summed E-state index contributed by atoms with van der Waals surface area (Å²) in [6.45, 7) is 9.66. The molecule has 0 spiro atoms. The number of alkyl halides is 1. The van der Waals surface area contributed by atoms with Gasteiger partial charge in [-0.1, -0.05) is 51.1 Å². The Bertz CT molecular complexity index is 320. The maximum atomic E-state index is 6.14. The summed E-state index contributed by atoms with van der Waals surface area (Å²) in [6, 6.07) is 10.5. The van der Waals surface area contributed by atoms with E-state index in [2.05, 4.69) is 51.6 Å². The van der Waals surface area contributed by atoms with Crippen molar-refractivity contribution in [3.63, 3.8) is 0 Å². The zero-order valence-electron chi connectivity index (χ0n) is 10.6. The molecule has 0 aliphatic rings. The second kappa shape index (κ2) is 5.35. The van der Waals surface area contributed by atoms with Gasteiger partial charge in [0.15, 0.2) is 0 Å². The third kappa shape index (κ3) is 2.87. The molecule has 0 fully saturated rings. The van der Waals surface area contributed by atoms with E-state index in [1.54, 1.807) is 0 Å². The van der Waals surface area contributed by atoms with Crippen LogP contribution in [0.3, 0.4) is 0 Å². The molecule has 0 amide bonds. The molecule has 1 aromatic carbocycles. The Hall–Kier alpha value is -0.313. The highest BCUT2D eigenvalue weighted by atomic mass is 35.5. The SMILES string of the molecule is CC(C)(C)[Si](C)(OCCCl)c1ccccc1. The lowest BCUT2D eigenvalue weighted by atomic mass is 10.2. The normalized spacial score (nSPS) is 15.8. The Morgan fingerprint density at radius 3 is 2.19 bits per heavy atom. The third-order valence-corrected chi connectivity index (χ3v) is 8.46. The van der Waals surface area contributed by atoms with Crippen molar-refractivity contribution in [1.82, 2.24) is 0 Å². The number of halogens is 1. The minimum atomic E-state index is -1.93. The first kappa shape index (κ1) is 13.8. The van der Waals surface area contributed by atoms with E-state index in [9.17, 15) is 0 Å². The fraction of sp³-hybridized carbons (Fsp3) is 0.538. The van der Waals surface area contributed by atoms with Crippen molar-refractivity contribution in [2.24, 2.45) is 0 Å². The fourth-order valence-corrected chi connectivity index (χ4v) is 4.74. The average Bonchev–Trinajstić information content (AvgIpc) is 2.25. The predicted molar refractivity (Wildman–Crippen MR) is 74.1 cm³/mol. The van der Waals surface area contributed by atoms with Crippen LogP contribution in [0.15, 0.2) is 30.3 Å². The van der Waals surface area contributed by atoms with Crippen LogP contribution in [0.1, 0.15) is 20.8 Å². The van der Waals surface area contributed by atoms with Crippen molar-refractivity contribution in [3.05, 3.63) is 30.3 Å².